The summed E-state index contributed by atoms with van der Waals surface area (Å²) in [5.74, 6) is 5.47. The Labute approximate surface area is 184 Å². The largest absolute Gasteiger partial charge is 0.494 e. The van der Waals surface area contributed by atoms with Crippen LogP contribution in [-0.2, 0) is 11.8 Å². The van der Waals surface area contributed by atoms with Crippen molar-refractivity contribution in [3.05, 3.63) is 88.9 Å². The van der Waals surface area contributed by atoms with Crippen LogP contribution in [0.4, 0.5) is 0 Å². The summed E-state index contributed by atoms with van der Waals surface area (Å²) in [7, 11) is 0. The van der Waals surface area contributed by atoms with Crippen molar-refractivity contribution in [3.8, 4) is 29.6 Å². The van der Waals surface area contributed by atoms with Gasteiger partial charge in [-0.2, -0.15) is 0 Å². The number of hydrogen-bond acceptors (Lipinski definition) is 2. The van der Waals surface area contributed by atoms with Crippen LogP contribution < -0.4 is 9.47 Å². The first-order valence-corrected chi connectivity index (χ1v) is 10.6. The fraction of sp³-hybridized carbons (Fsp3) is 0.259. The Balaban J connectivity index is 1.60. The molecule has 3 heteroatoms. The molecule has 1 atom stereocenters. The highest BCUT2D eigenvalue weighted by Crippen LogP contribution is 2.31. The average Bonchev–Trinajstić information content (AvgIpc) is 2.76. The third-order valence-corrected chi connectivity index (χ3v) is 5.46. The van der Waals surface area contributed by atoms with Crippen molar-refractivity contribution in [1.29, 1.82) is 0 Å². The van der Waals surface area contributed by atoms with E-state index >= 15 is 0 Å². The summed E-state index contributed by atoms with van der Waals surface area (Å²) in [5.41, 5.74) is 2.07. The van der Waals surface area contributed by atoms with Crippen LogP contribution in [0.3, 0.4) is 0 Å². The van der Waals surface area contributed by atoms with E-state index in [1.807, 2.05) is 55.5 Å². The number of rotatable bonds is 9. The van der Waals surface area contributed by atoms with Crippen molar-refractivity contribution in [2.45, 2.75) is 38.5 Å². The van der Waals surface area contributed by atoms with Crippen molar-refractivity contribution in [1.82, 2.24) is 0 Å². The summed E-state index contributed by atoms with van der Waals surface area (Å²) in [5, 5.41) is 0.695. The number of aryl methyl sites for hydroxylation is 1. The monoisotopic (exact) mass is 418 g/mol. The van der Waals surface area contributed by atoms with Crippen LogP contribution in [0.1, 0.15) is 37.8 Å². The molecular formula is C27H27ClO2. The van der Waals surface area contributed by atoms with Crippen molar-refractivity contribution < 1.29 is 9.47 Å². The Kier molecular flexibility index (Phi) is 7.44. The number of hydrogen-bond donors (Lipinski definition) is 0. The summed E-state index contributed by atoms with van der Waals surface area (Å²) in [6.07, 6.45) is 8.75. The summed E-state index contributed by atoms with van der Waals surface area (Å²) in [4.78, 5) is 0. The molecule has 3 aromatic rings. The van der Waals surface area contributed by atoms with Crippen LogP contribution in [0, 0.1) is 12.3 Å². The number of terminal acetylenes is 1. The van der Waals surface area contributed by atoms with Crippen LogP contribution in [0.25, 0.3) is 0 Å². The predicted molar refractivity (Wildman–Crippen MR) is 125 cm³/mol. The fourth-order valence-corrected chi connectivity index (χ4v) is 3.56. The van der Waals surface area contributed by atoms with E-state index in [4.69, 9.17) is 27.5 Å². The SMILES string of the molecule is C#CC(C)(CCCc1cccc(Oc2ccc(Cl)cc2)c1)c1ccc(OCC)cc1. The van der Waals surface area contributed by atoms with E-state index in [9.17, 15) is 0 Å². The second-order valence-corrected chi connectivity index (χ2v) is 7.93. The highest BCUT2D eigenvalue weighted by molar-refractivity contribution is 6.30. The predicted octanol–water partition coefficient (Wildman–Crippen LogP) is 7.44. The molecule has 0 aliphatic rings. The van der Waals surface area contributed by atoms with E-state index < -0.39 is 0 Å². The Morgan fingerprint density at radius 1 is 0.933 bits per heavy atom. The molecule has 0 saturated heterocycles. The van der Waals surface area contributed by atoms with Gasteiger partial charge >= 0.3 is 0 Å². The third-order valence-electron chi connectivity index (χ3n) is 5.21. The van der Waals surface area contributed by atoms with E-state index in [0.717, 1.165) is 42.1 Å². The average molecular weight is 419 g/mol. The first-order chi connectivity index (χ1) is 14.5. The number of ether oxygens (including phenoxy) is 2. The maximum absolute atomic E-state index is 5.94. The Hall–Kier alpha value is -2.89. The quantitative estimate of drug-likeness (QED) is 0.336. The fourth-order valence-electron chi connectivity index (χ4n) is 3.43. The van der Waals surface area contributed by atoms with Gasteiger partial charge in [-0.1, -0.05) is 41.8 Å². The van der Waals surface area contributed by atoms with Crippen LogP contribution in [0.5, 0.6) is 17.2 Å². The van der Waals surface area contributed by atoms with E-state index in [1.54, 1.807) is 0 Å². The molecule has 0 heterocycles. The molecule has 0 radical (unpaired) electrons. The second-order valence-electron chi connectivity index (χ2n) is 7.49. The molecule has 3 aromatic carbocycles. The molecule has 0 saturated carbocycles. The summed E-state index contributed by atoms with van der Waals surface area (Å²) >= 11 is 5.94. The Morgan fingerprint density at radius 3 is 2.30 bits per heavy atom. The van der Waals surface area contributed by atoms with Crippen LogP contribution in [-0.4, -0.2) is 6.61 Å². The minimum Gasteiger partial charge on any atom is -0.494 e. The van der Waals surface area contributed by atoms with E-state index in [2.05, 4.69) is 37.1 Å². The maximum Gasteiger partial charge on any atom is 0.127 e. The minimum absolute atomic E-state index is 0.303. The van der Waals surface area contributed by atoms with Gasteiger partial charge < -0.3 is 9.47 Å². The van der Waals surface area contributed by atoms with Gasteiger partial charge in [0, 0.05) is 5.02 Å². The molecule has 0 bridgehead atoms. The van der Waals surface area contributed by atoms with Gasteiger partial charge in [0.2, 0.25) is 0 Å². The highest BCUT2D eigenvalue weighted by atomic mass is 35.5. The topological polar surface area (TPSA) is 18.5 Å². The summed E-state index contributed by atoms with van der Waals surface area (Å²) in [6.45, 7) is 4.77. The Bertz CT molecular complexity index is 987. The van der Waals surface area contributed by atoms with Gasteiger partial charge in [0.15, 0.2) is 0 Å². The van der Waals surface area contributed by atoms with Gasteiger partial charge in [-0.3, -0.25) is 0 Å². The van der Waals surface area contributed by atoms with Crippen molar-refractivity contribution in [3.63, 3.8) is 0 Å². The zero-order valence-corrected chi connectivity index (χ0v) is 18.3. The van der Waals surface area contributed by atoms with Crippen LogP contribution in [0.2, 0.25) is 5.02 Å². The number of benzene rings is 3. The molecule has 0 N–H and O–H groups in total. The lowest BCUT2D eigenvalue weighted by atomic mass is 9.78. The van der Waals surface area contributed by atoms with Crippen LogP contribution in [0.15, 0.2) is 72.8 Å². The van der Waals surface area contributed by atoms with E-state index in [1.165, 1.54) is 5.56 Å². The van der Waals surface area contributed by atoms with Crippen molar-refractivity contribution in [2.24, 2.45) is 0 Å². The molecule has 3 rings (SSSR count). The number of halogens is 1. The molecule has 0 aliphatic carbocycles. The maximum atomic E-state index is 5.94. The van der Waals surface area contributed by atoms with Crippen molar-refractivity contribution >= 4 is 11.6 Å². The molecule has 0 spiro atoms. The van der Waals surface area contributed by atoms with Gasteiger partial charge in [0.05, 0.1) is 12.0 Å². The molecule has 2 nitrogen and oxygen atoms in total. The molecule has 154 valence electrons. The second kappa shape index (κ2) is 10.2. The van der Waals surface area contributed by atoms with Crippen molar-refractivity contribution in [2.75, 3.05) is 6.61 Å². The third kappa shape index (κ3) is 5.81. The zero-order chi connectivity index (χ0) is 21.4. The molecular weight excluding hydrogens is 392 g/mol. The van der Waals surface area contributed by atoms with E-state index in [0.29, 0.717) is 11.6 Å². The highest BCUT2D eigenvalue weighted by Gasteiger charge is 2.23. The molecule has 1 unspecified atom stereocenters. The van der Waals surface area contributed by atoms with Gasteiger partial charge in [-0.25, -0.2) is 0 Å². The standard InChI is InChI=1S/C27H27ClO2/c1-4-27(3,22-11-15-24(16-12-22)29-5-2)19-7-9-21-8-6-10-26(20-21)30-25-17-13-23(28)14-18-25/h1,6,8,10-18,20H,5,7,9,19H2,2-3H3. The Morgan fingerprint density at radius 2 is 1.63 bits per heavy atom. The molecule has 0 aliphatic heterocycles. The molecule has 0 aromatic heterocycles. The lowest BCUT2D eigenvalue weighted by Gasteiger charge is -2.24. The van der Waals surface area contributed by atoms with Crippen LogP contribution >= 0.6 is 11.6 Å². The zero-order valence-electron chi connectivity index (χ0n) is 17.5. The minimum atomic E-state index is -0.303. The van der Waals surface area contributed by atoms with Gasteiger partial charge in [0.25, 0.3) is 0 Å². The molecule has 0 amide bonds. The van der Waals surface area contributed by atoms with Gasteiger partial charge in [-0.15, -0.1) is 6.42 Å². The van der Waals surface area contributed by atoms with Gasteiger partial charge in [0.1, 0.15) is 17.2 Å². The molecule has 30 heavy (non-hydrogen) atoms. The molecule has 0 fully saturated rings. The smallest absolute Gasteiger partial charge is 0.127 e. The van der Waals surface area contributed by atoms with Gasteiger partial charge in [-0.05, 0) is 92.8 Å². The lowest BCUT2D eigenvalue weighted by molar-refractivity contribution is 0.340. The normalized spacial score (nSPS) is 12.6. The van der Waals surface area contributed by atoms with E-state index in [-0.39, 0.29) is 5.41 Å². The lowest BCUT2D eigenvalue weighted by Crippen LogP contribution is -2.19. The summed E-state index contributed by atoms with van der Waals surface area (Å²) < 4.78 is 11.5. The summed E-state index contributed by atoms with van der Waals surface area (Å²) in [6, 6.07) is 23.7. The first-order valence-electron chi connectivity index (χ1n) is 10.3. The first kappa shape index (κ1) is 21.8.